The van der Waals surface area contributed by atoms with Crippen LogP contribution >= 0.6 is 0 Å². The molecule has 0 bridgehead atoms. The Balaban J connectivity index is 2.17. The van der Waals surface area contributed by atoms with Gasteiger partial charge in [-0.05, 0) is 30.7 Å². The highest BCUT2D eigenvalue weighted by Gasteiger charge is 2.26. The fourth-order valence-electron chi connectivity index (χ4n) is 2.07. The van der Waals surface area contributed by atoms with E-state index in [0.29, 0.717) is 6.04 Å². The van der Waals surface area contributed by atoms with Gasteiger partial charge in [-0.25, -0.2) is 0 Å². The molecule has 0 amide bonds. The van der Waals surface area contributed by atoms with Gasteiger partial charge in [-0.3, -0.25) is 4.99 Å². The van der Waals surface area contributed by atoms with Gasteiger partial charge in [-0.2, -0.15) is 0 Å². The van der Waals surface area contributed by atoms with E-state index in [-0.39, 0.29) is 0 Å². The minimum Gasteiger partial charge on any atom is -0.307 e. The van der Waals surface area contributed by atoms with Crippen LogP contribution in [0.5, 0.6) is 0 Å². The van der Waals surface area contributed by atoms with Crippen molar-refractivity contribution in [3.63, 3.8) is 0 Å². The first kappa shape index (κ1) is 6.38. The molecule has 60 valence electrons. The Morgan fingerprint density at radius 1 is 1.42 bits per heavy atom. The van der Waals surface area contributed by atoms with Crippen LogP contribution in [0.1, 0.15) is 6.42 Å². The van der Waals surface area contributed by atoms with Crippen molar-refractivity contribution in [2.24, 2.45) is 4.99 Å². The van der Waals surface area contributed by atoms with E-state index in [0.717, 1.165) is 12.3 Å². The smallest absolute Gasteiger partial charge is 0.0700 e. The van der Waals surface area contributed by atoms with E-state index in [9.17, 15) is 0 Å². The zero-order valence-corrected chi connectivity index (χ0v) is 6.75. The second-order valence-corrected chi connectivity index (χ2v) is 3.31. The van der Waals surface area contributed by atoms with Crippen LogP contribution in [0.4, 0.5) is 0 Å². The van der Waals surface area contributed by atoms with Crippen molar-refractivity contribution in [1.82, 2.24) is 5.32 Å². The molecule has 3 rings (SSSR count). The molecule has 0 spiro atoms. The van der Waals surface area contributed by atoms with Gasteiger partial charge in [0.05, 0.1) is 5.71 Å². The summed E-state index contributed by atoms with van der Waals surface area (Å²) in [6, 6.07) is 0.488. The summed E-state index contributed by atoms with van der Waals surface area (Å²) in [5.41, 5.74) is 4.02. The molecule has 2 heteroatoms. The Labute approximate surface area is 71.4 Å². The van der Waals surface area contributed by atoms with Gasteiger partial charge >= 0.3 is 0 Å². The van der Waals surface area contributed by atoms with Crippen molar-refractivity contribution in [3.8, 4) is 0 Å². The van der Waals surface area contributed by atoms with Gasteiger partial charge in [0.25, 0.3) is 0 Å². The van der Waals surface area contributed by atoms with E-state index in [2.05, 4.69) is 28.5 Å². The molecule has 0 aromatic heterocycles. The molecule has 0 aromatic rings. The lowest BCUT2D eigenvalue weighted by molar-refractivity contribution is 0.771. The number of rotatable bonds is 0. The maximum atomic E-state index is 4.28. The maximum Gasteiger partial charge on any atom is 0.0700 e. The highest BCUT2D eigenvalue weighted by atomic mass is 14.9. The van der Waals surface area contributed by atoms with Crippen LogP contribution in [0.25, 0.3) is 0 Å². The summed E-state index contributed by atoms with van der Waals surface area (Å²) < 4.78 is 0. The van der Waals surface area contributed by atoms with Crippen molar-refractivity contribution in [1.29, 1.82) is 0 Å². The van der Waals surface area contributed by atoms with Gasteiger partial charge in [0.1, 0.15) is 0 Å². The average Bonchev–Trinajstić information content (AvgIpc) is 2.71. The number of nitrogens with zero attached hydrogens (tertiary/aromatic N) is 1. The molecule has 1 saturated heterocycles. The Morgan fingerprint density at radius 2 is 2.42 bits per heavy atom. The van der Waals surface area contributed by atoms with Crippen molar-refractivity contribution < 1.29 is 0 Å². The molecule has 1 aliphatic carbocycles. The van der Waals surface area contributed by atoms with E-state index in [1.165, 1.54) is 17.6 Å². The zero-order chi connectivity index (χ0) is 7.97. The van der Waals surface area contributed by atoms with Crippen LogP contribution in [0, 0.1) is 0 Å². The first-order chi connectivity index (χ1) is 5.95. The molecule has 2 aliphatic heterocycles. The van der Waals surface area contributed by atoms with E-state index in [1.54, 1.807) is 0 Å². The van der Waals surface area contributed by atoms with Crippen molar-refractivity contribution >= 4 is 5.71 Å². The average molecular weight is 158 g/mol. The van der Waals surface area contributed by atoms with Gasteiger partial charge < -0.3 is 5.32 Å². The van der Waals surface area contributed by atoms with E-state index >= 15 is 0 Å². The highest BCUT2D eigenvalue weighted by molar-refractivity contribution is 6.14. The molecular weight excluding hydrogens is 148 g/mol. The van der Waals surface area contributed by atoms with Crippen LogP contribution in [0.15, 0.2) is 40.6 Å². The van der Waals surface area contributed by atoms with Crippen LogP contribution in [0.3, 0.4) is 0 Å². The molecule has 12 heavy (non-hydrogen) atoms. The number of nitrogens with one attached hydrogen (secondary N) is 1. The molecule has 3 aliphatic rings. The first-order valence-corrected chi connectivity index (χ1v) is 4.34. The maximum absolute atomic E-state index is 4.28. The summed E-state index contributed by atoms with van der Waals surface area (Å²) in [6.07, 6.45) is 9.50. The zero-order valence-electron chi connectivity index (χ0n) is 6.75. The second kappa shape index (κ2) is 2.17. The molecule has 2 nitrogen and oxygen atoms in total. The van der Waals surface area contributed by atoms with Crippen LogP contribution in [-0.2, 0) is 0 Å². The second-order valence-electron chi connectivity index (χ2n) is 3.31. The summed E-state index contributed by atoms with van der Waals surface area (Å²) >= 11 is 0. The predicted molar refractivity (Wildman–Crippen MR) is 49.1 cm³/mol. The fourth-order valence-corrected chi connectivity index (χ4v) is 2.07. The Hall–Kier alpha value is -1.15. The van der Waals surface area contributed by atoms with E-state index in [4.69, 9.17) is 0 Å². The molecule has 0 aromatic carbocycles. The topological polar surface area (TPSA) is 24.4 Å². The normalized spacial score (nSPS) is 30.7. The van der Waals surface area contributed by atoms with Gasteiger partial charge in [0.15, 0.2) is 0 Å². The minimum absolute atomic E-state index is 0.488. The van der Waals surface area contributed by atoms with Gasteiger partial charge in [-0.15, -0.1) is 0 Å². The molecule has 1 N–H and O–H groups in total. The number of hydrogen-bond donors (Lipinski definition) is 1. The fraction of sp³-hybridized carbons (Fsp3) is 0.300. The molecule has 0 saturated carbocycles. The van der Waals surface area contributed by atoms with Gasteiger partial charge in [0, 0.05) is 17.8 Å². The lowest BCUT2D eigenvalue weighted by Gasteiger charge is -2.15. The summed E-state index contributed by atoms with van der Waals surface area (Å²) in [6.45, 7) is 1.11. The van der Waals surface area contributed by atoms with Crippen LogP contribution < -0.4 is 5.32 Å². The highest BCUT2D eigenvalue weighted by Crippen LogP contribution is 2.28. The summed E-state index contributed by atoms with van der Waals surface area (Å²) in [7, 11) is 0. The lowest BCUT2D eigenvalue weighted by atomic mass is 9.93. The van der Waals surface area contributed by atoms with Crippen molar-refractivity contribution in [2.75, 3.05) is 6.54 Å². The molecular formula is C10H10N2. The summed E-state index contributed by atoms with van der Waals surface area (Å²) in [4.78, 5) is 4.28. The largest absolute Gasteiger partial charge is 0.307 e. The Morgan fingerprint density at radius 3 is 3.42 bits per heavy atom. The number of fused-ring (bicyclic) bond motifs is 2. The molecule has 1 fully saturated rings. The predicted octanol–water partition coefficient (Wildman–Crippen LogP) is 1.18. The first-order valence-electron chi connectivity index (χ1n) is 4.34. The van der Waals surface area contributed by atoms with Crippen molar-refractivity contribution in [3.05, 3.63) is 35.6 Å². The monoisotopic (exact) mass is 158 g/mol. The number of aliphatic imine (C=N–C) groups is 1. The number of hydrogen-bond acceptors (Lipinski definition) is 2. The molecule has 0 radical (unpaired) electrons. The van der Waals surface area contributed by atoms with Crippen molar-refractivity contribution in [2.45, 2.75) is 12.5 Å². The third-order valence-electron chi connectivity index (χ3n) is 2.66. The minimum atomic E-state index is 0.488. The van der Waals surface area contributed by atoms with Gasteiger partial charge in [-0.1, -0.05) is 6.08 Å². The molecule has 1 atom stereocenters. The third-order valence-corrected chi connectivity index (χ3v) is 2.66. The Kier molecular flexibility index (Phi) is 1.15. The molecule has 2 heterocycles. The standard InChI is InChI=1S/C10H10N2/c1-2-10-8(4-6-12-10)7-3-5-11-9(1)7/h1-3,5,10,12H,4,6H2. The number of allylic oxidation sites excluding steroid dienone is 3. The van der Waals surface area contributed by atoms with Crippen LogP contribution in [-0.4, -0.2) is 18.3 Å². The van der Waals surface area contributed by atoms with E-state index < -0.39 is 0 Å². The Bertz CT molecular complexity index is 345. The quantitative estimate of drug-likeness (QED) is 0.562. The van der Waals surface area contributed by atoms with E-state index in [1.807, 2.05) is 6.20 Å². The molecule has 1 unspecified atom stereocenters. The lowest BCUT2D eigenvalue weighted by Crippen LogP contribution is -2.23. The summed E-state index contributed by atoms with van der Waals surface area (Å²) in [5.74, 6) is 0. The SMILES string of the molecule is C1=CC2=C3CCNC3C=CC2=N1. The van der Waals surface area contributed by atoms with Gasteiger partial charge in [0.2, 0.25) is 0 Å². The summed E-state index contributed by atoms with van der Waals surface area (Å²) in [5, 5.41) is 3.44. The van der Waals surface area contributed by atoms with Crippen LogP contribution in [0.2, 0.25) is 0 Å². The third kappa shape index (κ3) is 0.703.